The topological polar surface area (TPSA) is 74.6 Å². The van der Waals surface area contributed by atoms with Crippen LogP contribution in [0.25, 0.3) is 0 Å². The van der Waals surface area contributed by atoms with Gasteiger partial charge in [-0.1, -0.05) is 29.4 Å². The summed E-state index contributed by atoms with van der Waals surface area (Å²) in [5.74, 6) is 2.08. The molecule has 1 aromatic heterocycles. The molecule has 29 heavy (non-hydrogen) atoms. The number of aromatic nitrogens is 2. The van der Waals surface area contributed by atoms with Gasteiger partial charge in [-0.15, -0.1) is 0 Å². The SMILES string of the molecule is COc1ccc(Cl)cc1NC(=O)CSc1nccn1Cc1ccc2c(c1)OCO2. The van der Waals surface area contributed by atoms with E-state index in [4.69, 9.17) is 25.8 Å². The number of fused-ring (bicyclic) bond motifs is 1. The van der Waals surface area contributed by atoms with E-state index in [2.05, 4.69) is 10.3 Å². The van der Waals surface area contributed by atoms with Crippen LogP contribution in [0.2, 0.25) is 5.02 Å². The highest BCUT2D eigenvalue weighted by Gasteiger charge is 2.15. The normalized spacial score (nSPS) is 12.1. The molecule has 1 aliphatic rings. The lowest BCUT2D eigenvalue weighted by molar-refractivity contribution is -0.113. The molecule has 1 N–H and O–H groups in total. The molecule has 0 unspecified atom stereocenters. The van der Waals surface area contributed by atoms with Gasteiger partial charge in [0.2, 0.25) is 12.7 Å². The number of rotatable bonds is 7. The number of benzene rings is 2. The molecular weight excluding hydrogens is 414 g/mol. The summed E-state index contributed by atoms with van der Waals surface area (Å²) in [6.45, 7) is 0.861. The molecule has 1 aliphatic heterocycles. The quantitative estimate of drug-likeness (QED) is 0.569. The fraction of sp³-hybridized carbons (Fsp3) is 0.200. The van der Waals surface area contributed by atoms with Crippen molar-refractivity contribution >= 4 is 35.0 Å². The minimum atomic E-state index is -0.173. The number of nitrogens with one attached hydrogen (secondary N) is 1. The summed E-state index contributed by atoms with van der Waals surface area (Å²) in [5, 5.41) is 4.09. The first-order valence-corrected chi connectivity index (χ1v) is 10.1. The van der Waals surface area contributed by atoms with Crippen LogP contribution < -0.4 is 19.5 Å². The molecular formula is C20H18ClN3O4S. The van der Waals surface area contributed by atoms with E-state index in [0.717, 1.165) is 22.2 Å². The van der Waals surface area contributed by atoms with Gasteiger partial charge in [-0.05, 0) is 35.9 Å². The summed E-state index contributed by atoms with van der Waals surface area (Å²) in [7, 11) is 1.54. The van der Waals surface area contributed by atoms with Crippen molar-refractivity contribution in [1.82, 2.24) is 9.55 Å². The molecule has 0 fully saturated rings. The van der Waals surface area contributed by atoms with Crippen LogP contribution in [0.3, 0.4) is 0 Å². The summed E-state index contributed by atoms with van der Waals surface area (Å²) >= 11 is 7.36. The van der Waals surface area contributed by atoms with Crippen LogP contribution in [0, 0.1) is 0 Å². The number of ether oxygens (including phenoxy) is 3. The number of anilines is 1. The average molecular weight is 432 g/mol. The van der Waals surface area contributed by atoms with Crippen molar-refractivity contribution in [2.75, 3.05) is 25.0 Å². The molecule has 9 heteroatoms. The molecule has 2 aromatic carbocycles. The highest BCUT2D eigenvalue weighted by atomic mass is 35.5. The van der Waals surface area contributed by atoms with Crippen molar-refractivity contribution in [3.63, 3.8) is 0 Å². The maximum atomic E-state index is 12.4. The standard InChI is InChI=1S/C20H18ClN3O4S/c1-26-16-5-3-14(21)9-15(16)23-19(25)11-29-20-22-6-7-24(20)10-13-2-4-17-18(8-13)28-12-27-17/h2-9H,10-12H2,1H3,(H,23,25). The second-order valence-electron chi connectivity index (χ2n) is 6.21. The van der Waals surface area contributed by atoms with Gasteiger partial charge >= 0.3 is 0 Å². The van der Waals surface area contributed by atoms with E-state index >= 15 is 0 Å². The summed E-state index contributed by atoms with van der Waals surface area (Å²) in [6.07, 6.45) is 3.60. The zero-order chi connectivity index (χ0) is 20.2. The zero-order valence-corrected chi connectivity index (χ0v) is 17.1. The van der Waals surface area contributed by atoms with Gasteiger partial charge in [0, 0.05) is 24.0 Å². The predicted molar refractivity (Wildman–Crippen MR) is 111 cm³/mol. The molecule has 0 saturated heterocycles. The number of nitrogens with zero attached hydrogens (tertiary/aromatic N) is 2. The number of carbonyl (C=O) groups is 1. The van der Waals surface area contributed by atoms with Crippen molar-refractivity contribution in [2.24, 2.45) is 0 Å². The zero-order valence-electron chi connectivity index (χ0n) is 15.6. The number of methoxy groups -OCH3 is 1. The Labute approximate surface area is 176 Å². The summed E-state index contributed by atoms with van der Waals surface area (Å²) in [4.78, 5) is 16.7. The summed E-state index contributed by atoms with van der Waals surface area (Å²) < 4.78 is 18.0. The Morgan fingerprint density at radius 2 is 2.14 bits per heavy atom. The molecule has 2 heterocycles. The fourth-order valence-corrected chi connectivity index (χ4v) is 3.82. The van der Waals surface area contributed by atoms with Gasteiger partial charge in [-0.25, -0.2) is 4.98 Å². The largest absolute Gasteiger partial charge is 0.495 e. The van der Waals surface area contributed by atoms with Crippen molar-refractivity contribution < 1.29 is 19.0 Å². The van der Waals surface area contributed by atoms with Crippen molar-refractivity contribution in [2.45, 2.75) is 11.7 Å². The minimum absolute atomic E-state index is 0.173. The third-order valence-electron chi connectivity index (χ3n) is 4.24. The molecule has 4 rings (SSSR count). The van der Waals surface area contributed by atoms with Gasteiger partial charge in [0.25, 0.3) is 0 Å². The molecule has 3 aromatic rings. The molecule has 1 amide bonds. The number of thioether (sulfide) groups is 1. The van der Waals surface area contributed by atoms with Crippen molar-refractivity contribution in [3.8, 4) is 17.2 Å². The number of carbonyl (C=O) groups excluding carboxylic acids is 1. The molecule has 0 aliphatic carbocycles. The Bertz CT molecular complexity index is 1040. The Morgan fingerprint density at radius 3 is 3.00 bits per heavy atom. The molecule has 0 atom stereocenters. The van der Waals surface area contributed by atoms with E-state index in [1.807, 2.05) is 29.0 Å². The highest BCUT2D eigenvalue weighted by molar-refractivity contribution is 7.99. The number of hydrogen-bond acceptors (Lipinski definition) is 6. The van der Waals surface area contributed by atoms with Gasteiger partial charge in [-0.2, -0.15) is 0 Å². The second-order valence-corrected chi connectivity index (χ2v) is 7.59. The van der Waals surface area contributed by atoms with Gasteiger partial charge in [0.15, 0.2) is 16.7 Å². The first kappa shape index (κ1) is 19.5. The Balaban J connectivity index is 1.38. The maximum Gasteiger partial charge on any atom is 0.234 e. The predicted octanol–water partition coefficient (Wildman–Crippen LogP) is 4.05. The number of hydrogen-bond donors (Lipinski definition) is 1. The van der Waals surface area contributed by atoms with Gasteiger partial charge in [-0.3, -0.25) is 4.79 Å². The van der Waals surface area contributed by atoms with E-state index in [9.17, 15) is 4.79 Å². The Kier molecular flexibility index (Phi) is 5.82. The third-order valence-corrected chi connectivity index (χ3v) is 5.47. The van der Waals surface area contributed by atoms with E-state index in [1.54, 1.807) is 31.5 Å². The second kappa shape index (κ2) is 8.67. The van der Waals surface area contributed by atoms with E-state index in [1.165, 1.54) is 11.8 Å². The monoisotopic (exact) mass is 431 g/mol. The van der Waals surface area contributed by atoms with E-state index in [-0.39, 0.29) is 18.5 Å². The highest BCUT2D eigenvalue weighted by Crippen LogP contribution is 2.33. The van der Waals surface area contributed by atoms with Crippen LogP contribution in [-0.4, -0.2) is 35.1 Å². The third kappa shape index (κ3) is 4.60. The van der Waals surface area contributed by atoms with Crippen molar-refractivity contribution in [1.29, 1.82) is 0 Å². The van der Waals surface area contributed by atoms with Crippen LogP contribution in [0.5, 0.6) is 17.2 Å². The lowest BCUT2D eigenvalue weighted by Gasteiger charge is -2.11. The van der Waals surface area contributed by atoms with Gasteiger partial charge < -0.3 is 24.1 Å². The van der Waals surface area contributed by atoms with Crippen LogP contribution >= 0.6 is 23.4 Å². The summed E-state index contributed by atoms with van der Waals surface area (Å²) in [5.41, 5.74) is 1.59. The minimum Gasteiger partial charge on any atom is -0.495 e. The smallest absolute Gasteiger partial charge is 0.234 e. The molecule has 0 saturated carbocycles. The molecule has 0 bridgehead atoms. The lowest BCUT2D eigenvalue weighted by atomic mass is 10.2. The number of amides is 1. The van der Waals surface area contributed by atoms with Gasteiger partial charge in [0.05, 0.1) is 18.6 Å². The first-order chi connectivity index (χ1) is 14.1. The van der Waals surface area contributed by atoms with Crippen LogP contribution in [0.4, 0.5) is 5.69 Å². The van der Waals surface area contributed by atoms with E-state index < -0.39 is 0 Å². The van der Waals surface area contributed by atoms with E-state index in [0.29, 0.717) is 23.0 Å². The summed E-state index contributed by atoms with van der Waals surface area (Å²) in [6, 6.07) is 10.9. The first-order valence-electron chi connectivity index (χ1n) is 8.78. The molecule has 0 spiro atoms. The molecule has 7 nitrogen and oxygen atoms in total. The van der Waals surface area contributed by atoms with Crippen LogP contribution in [-0.2, 0) is 11.3 Å². The average Bonchev–Trinajstić information content (AvgIpc) is 3.35. The maximum absolute atomic E-state index is 12.4. The Hall–Kier alpha value is -2.84. The van der Waals surface area contributed by atoms with Crippen LogP contribution in [0.15, 0.2) is 53.9 Å². The number of halogens is 1. The lowest BCUT2D eigenvalue weighted by Crippen LogP contribution is -2.15. The van der Waals surface area contributed by atoms with Gasteiger partial charge in [0.1, 0.15) is 5.75 Å². The van der Waals surface area contributed by atoms with Crippen LogP contribution in [0.1, 0.15) is 5.56 Å². The van der Waals surface area contributed by atoms with Crippen molar-refractivity contribution in [3.05, 3.63) is 59.4 Å². The number of imidazole rings is 1. The fourth-order valence-electron chi connectivity index (χ4n) is 2.89. The molecule has 150 valence electrons. The molecule has 0 radical (unpaired) electrons. The Morgan fingerprint density at radius 1 is 1.28 bits per heavy atom.